The van der Waals surface area contributed by atoms with Crippen LogP contribution >= 0.6 is 7.14 Å². The van der Waals surface area contributed by atoms with Crippen LogP contribution in [0.1, 0.15) is 0 Å². The number of para-hydroxylation sites is 1. The first-order valence-corrected chi connectivity index (χ1v) is 18.4. The van der Waals surface area contributed by atoms with Crippen molar-refractivity contribution in [1.29, 1.82) is 0 Å². The molecule has 0 radical (unpaired) electrons. The van der Waals surface area contributed by atoms with Crippen LogP contribution in [0.15, 0.2) is 182 Å². The van der Waals surface area contributed by atoms with Crippen LogP contribution in [0.25, 0.3) is 71.6 Å². The van der Waals surface area contributed by atoms with E-state index in [0.717, 1.165) is 54.5 Å². The molecule has 0 saturated heterocycles. The standard InChI is InChI=1S/C46H30NOP/c48-49(38-12-2-1-3-13-38)44-17-9-7-14-39(44)40-28-29-43-45(46(40)49)41-15-6-8-16-42(41)47(43)37-26-24-33(25-27-37)32-18-20-34(21-19-32)36-23-22-31-10-4-5-11-35(31)30-36/h1-30H. The Labute approximate surface area is 284 Å². The fourth-order valence-corrected chi connectivity index (χ4v) is 11.2. The van der Waals surface area contributed by atoms with Crippen LogP contribution in [-0.2, 0) is 4.57 Å². The van der Waals surface area contributed by atoms with Gasteiger partial charge in [-0.25, -0.2) is 0 Å². The second-order valence-electron chi connectivity index (χ2n) is 12.9. The lowest BCUT2D eigenvalue weighted by Crippen LogP contribution is -2.21. The number of hydrogen-bond acceptors (Lipinski definition) is 1. The van der Waals surface area contributed by atoms with Gasteiger partial charge in [0.1, 0.15) is 0 Å². The van der Waals surface area contributed by atoms with E-state index in [0.29, 0.717) is 0 Å². The smallest absolute Gasteiger partial charge is 0.172 e. The molecule has 0 fully saturated rings. The van der Waals surface area contributed by atoms with Crippen molar-refractivity contribution < 1.29 is 4.57 Å². The van der Waals surface area contributed by atoms with Crippen LogP contribution in [0.2, 0.25) is 0 Å². The van der Waals surface area contributed by atoms with Gasteiger partial charge in [0.2, 0.25) is 0 Å². The van der Waals surface area contributed by atoms with Gasteiger partial charge in [0.05, 0.1) is 11.0 Å². The zero-order valence-corrected chi connectivity index (χ0v) is 27.5. The van der Waals surface area contributed by atoms with Gasteiger partial charge in [-0.15, -0.1) is 0 Å². The zero-order valence-electron chi connectivity index (χ0n) is 26.6. The first kappa shape index (κ1) is 28.1. The second kappa shape index (κ2) is 10.8. The molecule has 0 amide bonds. The molecule has 2 heterocycles. The van der Waals surface area contributed by atoms with Gasteiger partial charge in [-0.1, -0.05) is 152 Å². The van der Waals surface area contributed by atoms with Crippen molar-refractivity contribution in [3.05, 3.63) is 182 Å². The monoisotopic (exact) mass is 643 g/mol. The van der Waals surface area contributed by atoms with Crippen molar-refractivity contribution in [3.63, 3.8) is 0 Å². The average molecular weight is 644 g/mol. The minimum Gasteiger partial charge on any atom is -0.309 e. The van der Waals surface area contributed by atoms with Gasteiger partial charge in [0.25, 0.3) is 0 Å². The van der Waals surface area contributed by atoms with Crippen LogP contribution in [-0.4, -0.2) is 4.57 Å². The Morgan fingerprint density at radius 3 is 1.84 bits per heavy atom. The lowest BCUT2D eigenvalue weighted by molar-refractivity contribution is 0.593. The van der Waals surface area contributed by atoms with E-state index < -0.39 is 7.14 Å². The largest absolute Gasteiger partial charge is 0.309 e. The highest BCUT2D eigenvalue weighted by Gasteiger charge is 2.42. The van der Waals surface area contributed by atoms with Crippen LogP contribution in [0.4, 0.5) is 0 Å². The summed E-state index contributed by atoms with van der Waals surface area (Å²) < 4.78 is 18.0. The summed E-state index contributed by atoms with van der Waals surface area (Å²) in [7, 11) is -3.13. The SMILES string of the molecule is O=P1(c2ccccc2)c2ccccc2-c2ccc3c(c21)c1ccccc1n3-c1ccc(-c2ccc(-c3ccc4ccccc4c3)cc2)cc1. The van der Waals surface area contributed by atoms with Gasteiger partial charge in [-0.3, -0.25) is 0 Å². The molecule has 1 aliphatic heterocycles. The van der Waals surface area contributed by atoms with Crippen LogP contribution in [0.3, 0.4) is 0 Å². The Bertz CT molecular complexity index is 2780. The highest BCUT2D eigenvalue weighted by atomic mass is 31.2. The van der Waals surface area contributed by atoms with Crippen LogP contribution in [0, 0.1) is 0 Å². The van der Waals surface area contributed by atoms with Gasteiger partial charge in [-0.05, 0) is 74.5 Å². The fraction of sp³-hybridized carbons (Fsp3) is 0. The molecule has 0 aliphatic carbocycles. The number of nitrogens with zero attached hydrogens (tertiary/aromatic N) is 1. The van der Waals surface area contributed by atoms with E-state index in [2.05, 4.69) is 150 Å². The van der Waals surface area contributed by atoms with Gasteiger partial charge in [0.15, 0.2) is 7.14 Å². The highest BCUT2D eigenvalue weighted by Crippen LogP contribution is 2.55. The molecule has 10 rings (SSSR count). The lowest BCUT2D eigenvalue weighted by atomic mass is 9.98. The molecule has 0 N–H and O–H groups in total. The molecule has 9 aromatic rings. The average Bonchev–Trinajstić information content (AvgIpc) is 3.65. The number of hydrogen-bond donors (Lipinski definition) is 0. The molecule has 0 spiro atoms. The number of fused-ring (bicyclic) bond motifs is 8. The summed E-state index contributed by atoms with van der Waals surface area (Å²) in [6.07, 6.45) is 0. The van der Waals surface area contributed by atoms with E-state index in [1.807, 2.05) is 36.4 Å². The van der Waals surface area contributed by atoms with Gasteiger partial charge in [0, 0.05) is 32.4 Å². The minimum atomic E-state index is -3.13. The summed E-state index contributed by atoms with van der Waals surface area (Å²) in [5.74, 6) is 0. The van der Waals surface area contributed by atoms with Crippen LogP contribution < -0.4 is 15.9 Å². The molecule has 1 atom stereocenters. The summed E-state index contributed by atoms with van der Waals surface area (Å²) in [5.41, 5.74) is 10.2. The molecular weight excluding hydrogens is 613 g/mol. The maximum Gasteiger partial charge on any atom is 0.172 e. The van der Waals surface area contributed by atoms with Crippen molar-refractivity contribution in [2.45, 2.75) is 0 Å². The third kappa shape index (κ3) is 4.18. The summed E-state index contributed by atoms with van der Waals surface area (Å²) in [4.78, 5) is 0. The third-order valence-electron chi connectivity index (χ3n) is 10.2. The van der Waals surface area contributed by atoms with E-state index in [4.69, 9.17) is 0 Å². The topological polar surface area (TPSA) is 22.0 Å². The van der Waals surface area contributed by atoms with E-state index in [-0.39, 0.29) is 0 Å². The molecule has 1 aliphatic rings. The van der Waals surface area contributed by atoms with Gasteiger partial charge < -0.3 is 9.13 Å². The van der Waals surface area contributed by atoms with E-state index in [1.54, 1.807) is 0 Å². The Hall–Kier alpha value is -5.95. The highest BCUT2D eigenvalue weighted by molar-refractivity contribution is 7.86. The van der Waals surface area contributed by atoms with Gasteiger partial charge >= 0.3 is 0 Å². The fourth-order valence-electron chi connectivity index (χ4n) is 7.89. The number of benzene rings is 8. The molecule has 230 valence electrons. The Morgan fingerprint density at radius 1 is 0.429 bits per heavy atom. The van der Waals surface area contributed by atoms with E-state index >= 15 is 4.57 Å². The number of rotatable bonds is 4. The number of aromatic nitrogens is 1. The maximum absolute atomic E-state index is 15.6. The normalized spacial score (nSPS) is 15.1. The first-order valence-electron chi connectivity index (χ1n) is 16.7. The Morgan fingerprint density at radius 2 is 1.04 bits per heavy atom. The molecule has 3 heteroatoms. The Balaban J connectivity index is 1.09. The molecular formula is C46H30NOP. The molecule has 0 bridgehead atoms. The predicted octanol–water partition coefficient (Wildman–Crippen LogP) is 10.9. The molecule has 2 nitrogen and oxygen atoms in total. The van der Waals surface area contributed by atoms with Crippen molar-refractivity contribution >= 4 is 55.6 Å². The molecule has 8 aromatic carbocycles. The third-order valence-corrected chi connectivity index (χ3v) is 13.4. The summed E-state index contributed by atoms with van der Waals surface area (Å²) in [6, 6.07) is 64.0. The predicted molar refractivity (Wildman–Crippen MR) is 208 cm³/mol. The zero-order chi connectivity index (χ0) is 32.5. The lowest BCUT2D eigenvalue weighted by Gasteiger charge is -2.17. The maximum atomic E-state index is 15.6. The van der Waals surface area contributed by atoms with Crippen LogP contribution in [0.5, 0.6) is 0 Å². The molecule has 1 aromatic heterocycles. The van der Waals surface area contributed by atoms with E-state index in [9.17, 15) is 0 Å². The summed E-state index contributed by atoms with van der Waals surface area (Å²) >= 11 is 0. The quantitative estimate of drug-likeness (QED) is 0.175. The Kier molecular flexibility index (Phi) is 6.19. The minimum absolute atomic E-state index is 0.876. The first-order chi connectivity index (χ1) is 24.2. The van der Waals surface area contributed by atoms with Crippen molar-refractivity contribution in [3.8, 4) is 39.1 Å². The molecule has 1 unspecified atom stereocenters. The van der Waals surface area contributed by atoms with E-state index in [1.165, 1.54) is 33.0 Å². The van der Waals surface area contributed by atoms with Gasteiger partial charge in [-0.2, -0.15) is 0 Å². The summed E-state index contributed by atoms with van der Waals surface area (Å²) in [6.45, 7) is 0. The summed E-state index contributed by atoms with van der Waals surface area (Å²) in [5, 5.41) is 7.46. The van der Waals surface area contributed by atoms with Crippen molar-refractivity contribution in [1.82, 2.24) is 4.57 Å². The second-order valence-corrected chi connectivity index (χ2v) is 15.5. The molecule has 0 saturated carbocycles. The molecule has 49 heavy (non-hydrogen) atoms. The van der Waals surface area contributed by atoms with Crippen molar-refractivity contribution in [2.24, 2.45) is 0 Å². The van der Waals surface area contributed by atoms with Crippen molar-refractivity contribution in [2.75, 3.05) is 0 Å².